The number of nitrogens with one attached hydrogen (secondary N) is 1. The minimum absolute atomic E-state index is 0.0759. The van der Waals surface area contributed by atoms with E-state index < -0.39 is 10.0 Å². The summed E-state index contributed by atoms with van der Waals surface area (Å²) < 4.78 is 31.9. The molecule has 7 heteroatoms. The van der Waals surface area contributed by atoms with E-state index in [9.17, 15) is 8.42 Å². The lowest BCUT2D eigenvalue weighted by Gasteiger charge is -2.15. The van der Waals surface area contributed by atoms with E-state index in [1.807, 2.05) is 6.92 Å². The van der Waals surface area contributed by atoms with E-state index in [-0.39, 0.29) is 10.9 Å². The summed E-state index contributed by atoms with van der Waals surface area (Å²) in [7, 11) is -3.54. The van der Waals surface area contributed by atoms with Crippen molar-refractivity contribution in [1.82, 2.24) is 9.88 Å². The van der Waals surface area contributed by atoms with E-state index in [1.165, 1.54) is 0 Å². The first-order chi connectivity index (χ1) is 7.92. The van der Waals surface area contributed by atoms with Gasteiger partial charge in [0.25, 0.3) is 0 Å². The van der Waals surface area contributed by atoms with Crippen LogP contribution in [0.1, 0.15) is 31.2 Å². The zero-order chi connectivity index (χ0) is 13.1. The summed E-state index contributed by atoms with van der Waals surface area (Å²) in [5.74, 6) is 0.323. The van der Waals surface area contributed by atoms with Crippen LogP contribution in [-0.4, -0.2) is 24.9 Å². The van der Waals surface area contributed by atoms with Crippen LogP contribution in [0.3, 0.4) is 0 Å². The summed E-state index contributed by atoms with van der Waals surface area (Å²) in [4.78, 5) is 0.158. The molecule has 1 N–H and O–H groups in total. The molecular formula is C10H17BrN2O3S. The maximum absolute atomic E-state index is 12.2. The van der Waals surface area contributed by atoms with Crippen LogP contribution < -0.4 is 4.72 Å². The number of halogens is 1. The quantitative estimate of drug-likeness (QED) is 0.813. The molecule has 0 aromatic carbocycles. The molecule has 98 valence electrons. The highest BCUT2D eigenvalue weighted by Gasteiger charge is 2.26. The standard InChI is InChI=1S/C10H17BrN2O3S/c1-4-9(5-6-11)13-17(14,15)10-7(2)12-16-8(10)3/h9,13H,4-6H2,1-3H3. The van der Waals surface area contributed by atoms with Gasteiger partial charge in [0.1, 0.15) is 10.6 Å². The van der Waals surface area contributed by atoms with Gasteiger partial charge in [0.05, 0.1) is 0 Å². The molecule has 0 saturated carbocycles. The first-order valence-electron chi connectivity index (χ1n) is 5.43. The number of aromatic nitrogens is 1. The van der Waals surface area contributed by atoms with Crippen molar-refractivity contribution < 1.29 is 12.9 Å². The van der Waals surface area contributed by atoms with Gasteiger partial charge < -0.3 is 4.52 Å². The first-order valence-corrected chi connectivity index (χ1v) is 8.04. The molecule has 0 amide bonds. The maximum Gasteiger partial charge on any atom is 0.246 e. The Kier molecular flexibility index (Phi) is 5.15. The van der Waals surface area contributed by atoms with Crippen LogP contribution in [0.5, 0.6) is 0 Å². The molecule has 1 rings (SSSR count). The molecule has 0 spiro atoms. The zero-order valence-corrected chi connectivity index (χ0v) is 12.6. The van der Waals surface area contributed by atoms with Crippen LogP contribution in [0, 0.1) is 13.8 Å². The van der Waals surface area contributed by atoms with E-state index in [2.05, 4.69) is 25.8 Å². The second kappa shape index (κ2) is 5.97. The molecule has 0 fully saturated rings. The molecule has 0 aliphatic rings. The van der Waals surface area contributed by atoms with Crippen LogP contribution in [0.2, 0.25) is 0 Å². The summed E-state index contributed by atoms with van der Waals surface area (Å²) in [6.07, 6.45) is 1.49. The van der Waals surface area contributed by atoms with Gasteiger partial charge in [-0.05, 0) is 26.7 Å². The van der Waals surface area contributed by atoms with Gasteiger partial charge in [0.2, 0.25) is 10.0 Å². The van der Waals surface area contributed by atoms with E-state index in [4.69, 9.17) is 4.52 Å². The fourth-order valence-corrected chi connectivity index (χ4v) is 3.85. The van der Waals surface area contributed by atoms with Crippen molar-refractivity contribution in [3.63, 3.8) is 0 Å². The average Bonchev–Trinajstić information content (AvgIpc) is 2.58. The Labute approximate surface area is 110 Å². The lowest BCUT2D eigenvalue weighted by Crippen LogP contribution is -2.35. The number of alkyl halides is 1. The Balaban J connectivity index is 2.96. The molecule has 1 atom stereocenters. The normalized spacial score (nSPS) is 13.9. The number of nitrogens with zero attached hydrogens (tertiary/aromatic N) is 1. The Bertz CT molecular complexity index is 450. The van der Waals surface area contributed by atoms with Crippen LogP contribution in [-0.2, 0) is 10.0 Å². The third kappa shape index (κ3) is 3.53. The van der Waals surface area contributed by atoms with Crippen LogP contribution >= 0.6 is 15.9 Å². The molecule has 1 aromatic rings. The van der Waals surface area contributed by atoms with Crippen molar-refractivity contribution in [2.75, 3.05) is 5.33 Å². The van der Waals surface area contributed by atoms with E-state index >= 15 is 0 Å². The molecule has 0 radical (unpaired) electrons. The Morgan fingerprint density at radius 1 is 1.47 bits per heavy atom. The molecule has 1 aromatic heterocycles. The monoisotopic (exact) mass is 324 g/mol. The fraction of sp³-hybridized carbons (Fsp3) is 0.700. The van der Waals surface area contributed by atoms with Gasteiger partial charge in [-0.1, -0.05) is 28.0 Å². The Morgan fingerprint density at radius 3 is 2.53 bits per heavy atom. The van der Waals surface area contributed by atoms with Crippen LogP contribution in [0.4, 0.5) is 0 Å². The highest BCUT2D eigenvalue weighted by Crippen LogP contribution is 2.19. The minimum atomic E-state index is -3.54. The van der Waals surface area contributed by atoms with E-state index in [0.717, 1.165) is 18.2 Å². The van der Waals surface area contributed by atoms with Gasteiger partial charge in [-0.15, -0.1) is 0 Å². The van der Waals surface area contributed by atoms with Gasteiger partial charge in [-0.3, -0.25) is 0 Å². The third-order valence-electron chi connectivity index (χ3n) is 2.51. The molecular weight excluding hydrogens is 308 g/mol. The maximum atomic E-state index is 12.2. The summed E-state index contributed by atoms with van der Waals surface area (Å²) in [6.45, 7) is 5.17. The molecule has 1 heterocycles. The number of rotatable bonds is 6. The third-order valence-corrected chi connectivity index (χ3v) is 4.73. The summed E-state index contributed by atoms with van der Waals surface area (Å²) in [6, 6.07) is -0.0759. The Hall–Kier alpha value is -0.400. The van der Waals surface area contributed by atoms with Gasteiger partial charge in [-0.2, -0.15) is 0 Å². The number of sulfonamides is 1. The largest absolute Gasteiger partial charge is 0.360 e. The summed E-state index contributed by atoms with van der Waals surface area (Å²) in [5, 5.41) is 4.42. The predicted octanol–water partition coefficient (Wildman–Crippen LogP) is 2.13. The fourth-order valence-electron chi connectivity index (χ4n) is 1.61. The summed E-state index contributed by atoms with van der Waals surface area (Å²) >= 11 is 3.31. The van der Waals surface area contributed by atoms with Crippen molar-refractivity contribution in [3.05, 3.63) is 11.5 Å². The first kappa shape index (κ1) is 14.7. The molecule has 5 nitrogen and oxygen atoms in total. The second-order valence-electron chi connectivity index (χ2n) is 3.86. The van der Waals surface area contributed by atoms with Gasteiger partial charge in [0.15, 0.2) is 5.76 Å². The van der Waals surface area contributed by atoms with Gasteiger partial charge in [0, 0.05) is 11.4 Å². The summed E-state index contributed by atoms with van der Waals surface area (Å²) in [5.41, 5.74) is 0.392. The Morgan fingerprint density at radius 2 is 2.12 bits per heavy atom. The zero-order valence-electron chi connectivity index (χ0n) is 10.2. The average molecular weight is 325 g/mol. The van der Waals surface area contributed by atoms with Crippen molar-refractivity contribution in [2.45, 2.75) is 44.6 Å². The van der Waals surface area contributed by atoms with Crippen molar-refractivity contribution >= 4 is 26.0 Å². The van der Waals surface area contributed by atoms with Crippen LogP contribution in [0.25, 0.3) is 0 Å². The number of aryl methyl sites for hydroxylation is 2. The highest BCUT2D eigenvalue weighted by atomic mass is 79.9. The molecule has 0 aliphatic carbocycles. The molecule has 0 aliphatic heterocycles. The molecule has 17 heavy (non-hydrogen) atoms. The van der Waals surface area contributed by atoms with Crippen molar-refractivity contribution in [2.24, 2.45) is 0 Å². The topological polar surface area (TPSA) is 72.2 Å². The molecule has 0 saturated heterocycles. The van der Waals surface area contributed by atoms with Crippen molar-refractivity contribution in [1.29, 1.82) is 0 Å². The minimum Gasteiger partial charge on any atom is -0.360 e. The second-order valence-corrected chi connectivity index (χ2v) is 6.30. The SMILES string of the molecule is CCC(CCBr)NS(=O)(=O)c1c(C)noc1C. The molecule has 0 bridgehead atoms. The van der Waals surface area contributed by atoms with E-state index in [1.54, 1.807) is 13.8 Å². The molecule has 1 unspecified atom stereocenters. The van der Waals surface area contributed by atoms with Crippen LogP contribution in [0.15, 0.2) is 9.42 Å². The number of hydrogen-bond acceptors (Lipinski definition) is 4. The van der Waals surface area contributed by atoms with E-state index in [0.29, 0.717) is 11.5 Å². The number of hydrogen-bond donors (Lipinski definition) is 1. The lowest BCUT2D eigenvalue weighted by molar-refractivity contribution is 0.390. The van der Waals surface area contributed by atoms with Gasteiger partial charge in [-0.25, -0.2) is 13.1 Å². The highest BCUT2D eigenvalue weighted by molar-refractivity contribution is 9.09. The predicted molar refractivity (Wildman–Crippen MR) is 68.8 cm³/mol. The smallest absolute Gasteiger partial charge is 0.246 e. The lowest BCUT2D eigenvalue weighted by atomic mass is 10.2. The van der Waals surface area contributed by atoms with Crippen molar-refractivity contribution in [3.8, 4) is 0 Å². The van der Waals surface area contributed by atoms with Gasteiger partial charge >= 0.3 is 0 Å².